The van der Waals surface area contributed by atoms with E-state index >= 15 is 0 Å². The Morgan fingerprint density at radius 2 is 1.60 bits per heavy atom. The second-order valence-electron chi connectivity index (χ2n) is 18.6. The monoisotopic (exact) mass is 826 g/mol. The first-order chi connectivity index (χ1) is 26.8. The fourth-order valence-corrected chi connectivity index (χ4v) is 8.37. The summed E-state index contributed by atoms with van der Waals surface area (Å²) >= 11 is 0. The van der Waals surface area contributed by atoms with E-state index < -0.39 is 97.1 Å². The number of rotatable bonds is 13. The number of urea groups is 1. The average molecular weight is 827 g/mol. The summed E-state index contributed by atoms with van der Waals surface area (Å²) in [7, 11) is -2.38. The third kappa shape index (κ3) is 10.0. The maximum atomic E-state index is 14.8. The molecule has 4 N–H and O–H groups in total. The van der Waals surface area contributed by atoms with Gasteiger partial charge in [-0.05, 0) is 80.5 Å². The van der Waals surface area contributed by atoms with Crippen LogP contribution in [0.3, 0.4) is 0 Å². The Morgan fingerprint density at radius 3 is 2.16 bits per heavy atom. The predicted octanol–water partition coefficient (Wildman–Crippen LogP) is 3.73. The number of esters is 1. The molecular weight excluding hydrogens is 769 g/mol. The minimum Gasteiger partial charge on any atom is -0.497 e. The number of carbonyl (C=O) groups excluding carboxylic acids is 5. The number of pyridine rings is 1. The number of carbonyl (C=O) groups is 5. The first-order valence-electron chi connectivity index (χ1n) is 19.5. The molecule has 5 rings (SSSR count). The Bertz CT molecular complexity index is 2070. The lowest BCUT2D eigenvalue weighted by Gasteiger charge is -2.37. The molecule has 1 aromatic heterocycles. The highest BCUT2D eigenvalue weighted by Crippen LogP contribution is 2.45. The summed E-state index contributed by atoms with van der Waals surface area (Å²) < 4.78 is 45.0. The maximum absolute atomic E-state index is 14.8. The number of ether oxygens (including phenoxy) is 3. The van der Waals surface area contributed by atoms with Crippen LogP contribution >= 0.6 is 0 Å². The Balaban J connectivity index is 1.44. The molecule has 1 aliphatic heterocycles. The van der Waals surface area contributed by atoms with Gasteiger partial charge in [-0.15, -0.1) is 6.58 Å². The van der Waals surface area contributed by atoms with Gasteiger partial charge < -0.3 is 35.1 Å². The van der Waals surface area contributed by atoms with E-state index in [9.17, 15) is 32.4 Å². The van der Waals surface area contributed by atoms with Gasteiger partial charge in [-0.3, -0.25) is 19.1 Å². The summed E-state index contributed by atoms with van der Waals surface area (Å²) in [5, 5.41) is 9.02. The zero-order valence-corrected chi connectivity index (χ0v) is 35.9. The van der Waals surface area contributed by atoms with Gasteiger partial charge in [-0.1, -0.05) is 47.6 Å². The first-order valence-corrected chi connectivity index (χ1v) is 21.0. The van der Waals surface area contributed by atoms with Crippen LogP contribution in [0, 0.1) is 16.7 Å². The molecule has 2 saturated carbocycles. The standard InChI is InChI=1S/C41H58N6O10S/c1-12-24-21-41(24,36(51)46-58(53,54)27-14-15-27)45-32(48)29-20-26(56-33-28-16-13-25(55-11)19-23(28)17-18-42-33)22-47(29)34(49)30(38(2,3)4)43-37(52)44-31(39(5,6)7)35(50)57-40(8,9)10/h12-13,16-19,24,26-27,29-31H,1,14-15,20-22H2,2-11H3,(H,45,48)(H,46,51)(H2,43,44,52)/t24-,26-,29+,30-,31-,41-/m1/s1. The SMILES string of the molecule is C=C[C@@H]1C[C@]1(NC(=O)[C@@H]1C[C@@H](Oc2nccc3cc(OC)ccc23)CN1C(=O)[C@@H](NC(=O)N[C@H](C(=O)OC(C)(C)C)C(C)(C)C)C(C)(C)C)C(=O)NS(=O)(=O)C1CC1. The van der Waals surface area contributed by atoms with Gasteiger partial charge in [0.15, 0.2) is 0 Å². The Labute approximate surface area is 340 Å². The van der Waals surface area contributed by atoms with Crippen LogP contribution in [-0.4, -0.2) is 102 Å². The second kappa shape index (κ2) is 16.0. The van der Waals surface area contributed by atoms with Gasteiger partial charge in [0, 0.05) is 23.9 Å². The van der Waals surface area contributed by atoms with Gasteiger partial charge in [0.05, 0.1) is 18.9 Å². The molecule has 3 fully saturated rings. The summed E-state index contributed by atoms with van der Waals surface area (Å²) in [6.07, 6.45) is 3.22. The van der Waals surface area contributed by atoms with E-state index in [2.05, 4.69) is 32.2 Å². The lowest BCUT2D eigenvalue weighted by molar-refractivity contribution is -0.160. The van der Waals surface area contributed by atoms with Crippen LogP contribution in [0.5, 0.6) is 11.6 Å². The Morgan fingerprint density at radius 1 is 0.966 bits per heavy atom. The zero-order chi connectivity index (χ0) is 43.2. The van der Waals surface area contributed by atoms with Crippen molar-refractivity contribution in [3.63, 3.8) is 0 Å². The van der Waals surface area contributed by atoms with Crippen LogP contribution in [0.25, 0.3) is 10.8 Å². The molecule has 1 saturated heterocycles. The van der Waals surface area contributed by atoms with Crippen molar-refractivity contribution in [3.8, 4) is 11.6 Å². The van der Waals surface area contributed by atoms with E-state index in [1.807, 2.05) is 6.07 Å². The highest BCUT2D eigenvalue weighted by molar-refractivity contribution is 7.91. The molecule has 16 nitrogen and oxygen atoms in total. The van der Waals surface area contributed by atoms with Crippen molar-refractivity contribution in [1.82, 2.24) is 30.6 Å². The molecule has 1 aromatic carbocycles. The molecule has 0 radical (unpaired) electrons. The molecule has 0 bridgehead atoms. The van der Waals surface area contributed by atoms with Crippen molar-refractivity contribution in [3.05, 3.63) is 43.1 Å². The van der Waals surface area contributed by atoms with Crippen molar-refractivity contribution < 1.29 is 46.6 Å². The van der Waals surface area contributed by atoms with E-state index in [-0.39, 0.29) is 25.3 Å². The normalized spacial score (nSPS) is 23.2. The highest BCUT2D eigenvalue weighted by Gasteiger charge is 2.62. The molecule has 58 heavy (non-hydrogen) atoms. The molecule has 2 heterocycles. The summed E-state index contributed by atoms with van der Waals surface area (Å²) in [4.78, 5) is 75.5. The quantitative estimate of drug-likeness (QED) is 0.169. The first kappa shape index (κ1) is 44.2. The number of hydrogen-bond donors (Lipinski definition) is 4. The molecule has 2 aliphatic carbocycles. The fraction of sp³-hybridized carbons (Fsp3) is 0.610. The third-order valence-electron chi connectivity index (χ3n) is 10.5. The minimum absolute atomic E-state index is 0.0313. The molecule has 0 spiro atoms. The summed E-state index contributed by atoms with van der Waals surface area (Å²) in [6, 6.07) is 2.83. The summed E-state index contributed by atoms with van der Waals surface area (Å²) in [6.45, 7) is 19.4. The van der Waals surface area contributed by atoms with Crippen LogP contribution in [-0.2, 0) is 33.9 Å². The largest absolute Gasteiger partial charge is 0.497 e. The summed E-state index contributed by atoms with van der Waals surface area (Å²) in [5.41, 5.74) is -4.11. The molecule has 6 atom stereocenters. The zero-order valence-electron chi connectivity index (χ0n) is 35.1. The molecular formula is C41H58N6O10S. The Hall–Kier alpha value is -4.93. The van der Waals surface area contributed by atoms with E-state index in [0.29, 0.717) is 24.0 Å². The van der Waals surface area contributed by atoms with Gasteiger partial charge >= 0.3 is 12.0 Å². The smallest absolute Gasteiger partial charge is 0.329 e. The number of aromatic nitrogens is 1. The number of hydrogen-bond acceptors (Lipinski definition) is 11. The number of methoxy groups -OCH3 is 1. The van der Waals surface area contributed by atoms with Crippen LogP contribution < -0.4 is 30.1 Å². The van der Waals surface area contributed by atoms with E-state index in [0.717, 1.165) is 5.39 Å². The third-order valence-corrected chi connectivity index (χ3v) is 12.3. The van der Waals surface area contributed by atoms with Gasteiger partial charge in [-0.2, -0.15) is 0 Å². The average Bonchev–Trinajstić information content (AvgIpc) is 4.04. The van der Waals surface area contributed by atoms with Gasteiger partial charge in [0.1, 0.15) is 41.1 Å². The van der Waals surface area contributed by atoms with Crippen molar-refractivity contribution in [2.24, 2.45) is 16.7 Å². The second-order valence-corrected chi connectivity index (χ2v) is 20.6. The predicted molar refractivity (Wildman–Crippen MR) is 216 cm³/mol. The van der Waals surface area contributed by atoms with Crippen LogP contribution in [0.2, 0.25) is 0 Å². The van der Waals surface area contributed by atoms with Crippen molar-refractivity contribution in [1.29, 1.82) is 0 Å². The lowest BCUT2D eigenvalue weighted by atomic mass is 9.85. The number of likely N-dealkylation sites (tertiary alicyclic amines) is 1. The van der Waals surface area contributed by atoms with Gasteiger partial charge in [0.25, 0.3) is 5.91 Å². The van der Waals surface area contributed by atoms with Gasteiger partial charge in [-0.25, -0.2) is 23.0 Å². The van der Waals surface area contributed by atoms with Crippen LogP contribution in [0.4, 0.5) is 4.79 Å². The van der Waals surface area contributed by atoms with E-state index in [1.165, 1.54) is 11.0 Å². The van der Waals surface area contributed by atoms with E-state index in [1.54, 1.807) is 93.8 Å². The molecule has 17 heteroatoms. The number of nitrogens with one attached hydrogen (secondary N) is 4. The minimum atomic E-state index is -3.94. The number of fused-ring (bicyclic) bond motifs is 1. The Kier molecular flexibility index (Phi) is 12.2. The molecule has 0 unspecified atom stereocenters. The number of nitrogens with zero attached hydrogens (tertiary/aromatic N) is 2. The van der Waals surface area contributed by atoms with Crippen molar-refractivity contribution in [2.45, 2.75) is 129 Å². The fourth-order valence-electron chi connectivity index (χ4n) is 7.01. The lowest BCUT2D eigenvalue weighted by Crippen LogP contribution is -2.62. The van der Waals surface area contributed by atoms with Gasteiger partial charge in [0.2, 0.25) is 27.7 Å². The number of amides is 5. The summed E-state index contributed by atoms with van der Waals surface area (Å²) in [5.74, 6) is -2.53. The van der Waals surface area contributed by atoms with Crippen LogP contribution in [0.15, 0.2) is 43.1 Å². The molecule has 5 amide bonds. The highest BCUT2D eigenvalue weighted by atomic mass is 32.2. The number of benzene rings is 1. The topological polar surface area (TPSA) is 211 Å². The molecule has 318 valence electrons. The molecule has 3 aliphatic rings. The van der Waals surface area contributed by atoms with Crippen LogP contribution in [0.1, 0.15) is 88.0 Å². The maximum Gasteiger partial charge on any atom is 0.329 e. The van der Waals surface area contributed by atoms with E-state index in [4.69, 9.17) is 14.2 Å². The van der Waals surface area contributed by atoms with Crippen molar-refractivity contribution >= 4 is 50.5 Å². The van der Waals surface area contributed by atoms with Crippen molar-refractivity contribution in [2.75, 3.05) is 13.7 Å². The number of sulfonamides is 1. The molecule has 2 aromatic rings.